The largest absolute Gasteiger partial charge is 0.387 e. The standard InChI is InChI=1S/C23H39NO/c1-2-3-4-5-6-7-8-13-18-22(24-19-14-10-15-20-24)23(25)21-16-11-9-12-17-21/h9,11-12,16-17,22-23,25H,2-8,10,13-15,18-20H2,1H3/t22-,23-/m0/s1. The molecule has 1 heterocycles. The molecular weight excluding hydrogens is 306 g/mol. The van der Waals surface area contributed by atoms with E-state index in [1.54, 1.807) is 0 Å². The number of unbranched alkanes of at least 4 members (excludes halogenated alkanes) is 7. The molecule has 1 aliphatic rings. The summed E-state index contributed by atoms with van der Waals surface area (Å²) in [5.41, 5.74) is 1.08. The lowest BCUT2D eigenvalue weighted by atomic mass is 9.94. The maximum atomic E-state index is 11.0. The zero-order valence-corrected chi connectivity index (χ0v) is 16.3. The van der Waals surface area contributed by atoms with Gasteiger partial charge in [-0.3, -0.25) is 4.90 Å². The van der Waals surface area contributed by atoms with E-state index in [0.29, 0.717) is 6.04 Å². The quantitative estimate of drug-likeness (QED) is 0.462. The number of rotatable bonds is 12. The van der Waals surface area contributed by atoms with Gasteiger partial charge in [-0.2, -0.15) is 0 Å². The predicted octanol–water partition coefficient (Wildman–Crippen LogP) is 6.11. The fourth-order valence-corrected chi connectivity index (χ4v) is 4.15. The van der Waals surface area contributed by atoms with Crippen LogP contribution in [0.4, 0.5) is 0 Å². The van der Waals surface area contributed by atoms with Gasteiger partial charge in [0.15, 0.2) is 0 Å². The van der Waals surface area contributed by atoms with E-state index in [1.807, 2.05) is 18.2 Å². The van der Waals surface area contributed by atoms with Crippen molar-refractivity contribution in [3.8, 4) is 0 Å². The van der Waals surface area contributed by atoms with E-state index >= 15 is 0 Å². The van der Waals surface area contributed by atoms with Gasteiger partial charge in [0.05, 0.1) is 6.10 Å². The maximum absolute atomic E-state index is 11.0. The monoisotopic (exact) mass is 345 g/mol. The smallest absolute Gasteiger partial charge is 0.0945 e. The van der Waals surface area contributed by atoms with Crippen LogP contribution in [0.15, 0.2) is 30.3 Å². The molecule has 1 aromatic carbocycles. The van der Waals surface area contributed by atoms with Crippen LogP contribution in [0.25, 0.3) is 0 Å². The summed E-state index contributed by atoms with van der Waals surface area (Å²) < 4.78 is 0. The normalized spacial score (nSPS) is 18.2. The van der Waals surface area contributed by atoms with Gasteiger partial charge in [0.25, 0.3) is 0 Å². The summed E-state index contributed by atoms with van der Waals surface area (Å²) in [7, 11) is 0. The molecule has 0 bridgehead atoms. The Hall–Kier alpha value is -0.860. The van der Waals surface area contributed by atoms with Crippen molar-refractivity contribution < 1.29 is 5.11 Å². The Morgan fingerprint density at radius 1 is 0.840 bits per heavy atom. The second-order valence-electron chi connectivity index (χ2n) is 7.78. The van der Waals surface area contributed by atoms with E-state index in [0.717, 1.165) is 25.1 Å². The van der Waals surface area contributed by atoms with E-state index in [2.05, 4.69) is 24.0 Å². The molecule has 1 aliphatic heterocycles. The zero-order chi connectivity index (χ0) is 17.7. The summed E-state index contributed by atoms with van der Waals surface area (Å²) >= 11 is 0. The van der Waals surface area contributed by atoms with Gasteiger partial charge in [0.1, 0.15) is 0 Å². The number of aliphatic hydroxyl groups excluding tert-OH is 1. The molecule has 142 valence electrons. The number of aliphatic hydroxyl groups is 1. The van der Waals surface area contributed by atoms with Gasteiger partial charge in [-0.05, 0) is 37.9 Å². The molecule has 1 fully saturated rings. The lowest BCUT2D eigenvalue weighted by molar-refractivity contribution is 0.0311. The van der Waals surface area contributed by atoms with Gasteiger partial charge in [-0.25, -0.2) is 0 Å². The molecule has 25 heavy (non-hydrogen) atoms. The highest BCUT2D eigenvalue weighted by Crippen LogP contribution is 2.28. The molecule has 2 atom stereocenters. The summed E-state index contributed by atoms with van der Waals surface area (Å²) in [5.74, 6) is 0. The number of hydrogen-bond donors (Lipinski definition) is 1. The first kappa shape index (κ1) is 20.5. The van der Waals surface area contributed by atoms with Gasteiger partial charge in [-0.1, -0.05) is 95.0 Å². The number of likely N-dealkylation sites (tertiary alicyclic amines) is 1. The Morgan fingerprint density at radius 2 is 1.44 bits per heavy atom. The van der Waals surface area contributed by atoms with Crippen LogP contribution >= 0.6 is 0 Å². The van der Waals surface area contributed by atoms with Crippen molar-refractivity contribution in [1.29, 1.82) is 0 Å². The molecule has 0 saturated carbocycles. The minimum atomic E-state index is -0.344. The molecule has 0 aromatic heterocycles. The molecule has 2 heteroatoms. The number of nitrogens with zero attached hydrogens (tertiary/aromatic N) is 1. The molecule has 1 N–H and O–H groups in total. The highest BCUT2D eigenvalue weighted by atomic mass is 16.3. The zero-order valence-electron chi connectivity index (χ0n) is 16.3. The van der Waals surface area contributed by atoms with Crippen molar-refractivity contribution in [2.45, 2.75) is 96.1 Å². The predicted molar refractivity (Wildman–Crippen MR) is 108 cm³/mol. The molecule has 0 aliphatic carbocycles. The van der Waals surface area contributed by atoms with Crippen LogP contribution in [-0.4, -0.2) is 29.1 Å². The van der Waals surface area contributed by atoms with E-state index in [1.165, 1.54) is 70.6 Å². The van der Waals surface area contributed by atoms with Crippen molar-refractivity contribution >= 4 is 0 Å². The van der Waals surface area contributed by atoms with Gasteiger partial charge >= 0.3 is 0 Å². The van der Waals surface area contributed by atoms with Crippen molar-refractivity contribution in [3.63, 3.8) is 0 Å². The molecule has 0 amide bonds. The Balaban J connectivity index is 1.78. The second-order valence-corrected chi connectivity index (χ2v) is 7.78. The van der Waals surface area contributed by atoms with Crippen LogP contribution in [0.5, 0.6) is 0 Å². The second kappa shape index (κ2) is 12.5. The van der Waals surface area contributed by atoms with Gasteiger partial charge < -0.3 is 5.11 Å². The van der Waals surface area contributed by atoms with Gasteiger partial charge in [0.2, 0.25) is 0 Å². The highest BCUT2D eigenvalue weighted by molar-refractivity contribution is 5.19. The lowest BCUT2D eigenvalue weighted by Gasteiger charge is -2.37. The minimum absolute atomic E-state index is 0.294. The van der Waals surface area contributed by atoms with E-state index < -0.39 is 0 Å². The first-order valence-electron chi connectivity index (χ1n) is 10.8. The average Bonchev–Trinajstić information content (AvgIpc) is 2.68. The fourth-order valence-electron chi connectivity index (χ4n) is 4.15. The molecule has 1 aromatic rings. The Morgan fingerprint density at radius 3 is 2.08 bits per heavy atom. The van der Waals surface area contributed by atoms with E-state index in [4.69, 9.17) is 0 Å². The molecular formula is C23H39NO. The third-order valence-corrected chi connectivity index (χ3v) is 5.72. The van der Waals surface area contributed by atoms with Crippen LogP contribution in [0.2, 0.25) is 0 Å². The topological polar surface area (TPSA) is 23.5 Å². The summed E-state index contributed by atoms with van der Waals surface area (Å²) in [6.45, 7) is 4.59. The van der Waals surface area contributed by atoms with Crippen molar-refractivity contribution in [2.75, 3.05) is 13.1 Å². The van der Waals surface area contributed by atoms with Crippen LogP contribution in [0.1, 0.15) is 95.6 Å². The molecule has 2 rings (SSSR count). The van der Waals surface area contributed by atoms with Gasteiger partial charge in [0, 0.05) is 6.04 Å². The molecule has 0 radical (unpaired) electrons. The first-order valence-corrected chi connectivity index (χ1v) is 10.8. The number of piperidine rings is 1. The molecule has 0 spiro atoms. The van der Waals surface area contributed by atoms with Crippen LogP contribution in [-0.2, 0) is 0 Å². The van der Waals surface area contributed by atoms with Gasteiger partial charge in [-0.15, -0.1) is 0 Å². The van der Waals surface area contributed by atoms with Crippen LogP contribution in [0.3, 0.4) is 0 Å². The third-order valence-electron chi connectivity index (χ3n) is 5.72. The molecule has 2 nitrogen and oxygen atoms in total. The lowest BCUT2D eigenvalue weighted by Crippen LogP contribution is -2.42. The van der Waals surface area contributed by atoms with Crippen LogP contribution in [0, 0.1) is 0 Å². The Labute approximate surface area is 155 Å². The minimum Gasteiger partial charge on any atom is -0.387 e. The summed E-state index contributed by atoms with van der Waals surface area (Å²) in [6, 6.07) is 10.6. The van der Waals surface area contributed by atoms with E-state index in [-0.39, 0.29) is 6.10 Å². The fraction of sp³-hybridized carbons (Fsp3) is 0.739. The average molecular weight is 346 g/mol. The summed E-state index contributed by atoms with van der Waals surface area (Å²) in [4.78, 5) is 2.56. The van der Waals surface area contributed by atoms with Crippen LogP contribution < -0.4 is 0 Å². The van der Waals surface area contributed by atoms with E-state index in [9.17, 15) is 5.11 Å². The Kier molecular flexibility index (Phi) is 10.2. The molecule has 0 unspecified atom stereocenters. The molecule has 1 saturated heterocycles. The Bertz CT molecular complexity index is 427. The van der Waals surface area contributed by atoms with Crippen molar-refractivity contribution in [2.24, 2.45) is 0 Å². The van der Waals surface area contributed by atoms with Crippen molar-refractivity contribution in [3.05, 3.63) is 35.9 Å². The number of benzene rings is 1. The SMILES string of the molecule is CCCCCCCCCC[C@@H]([C@@H](O)c1ccccc1)N1CCCCC1. The highest BCUT2D eigenvalue weighted by Gasteiger charge is 2.27. The first-order chi connectivity index (χ1) is 12.3. The number of hydrogen-bond acceptors (Lipinski definition) is 2. The summed E-state index contributed by atoms with van der Waals surface area (Å²) in [6.07, 6.45) is 15.5. The summed E-state index contributed by atoms with van der Waals surface area (Å²) in [5, 5.41) is 11.0. The van der Waals surface area contributed by atoms with Crippen molar-refractivity contribution in [1.82, 2.24) is 4.90 Å². The third kappa shape index (κ3) is 7.50. The maximum Gasteiger partial charge on any atom is 0.0945 e.